The zero-order valence-electron chi connectivity index (χ0n) is 5.99. The fraction of sp³-hybridized carbons (Fsp3) is 1.00. The molecule has 0 radical (unpaired) electrons. The Balaban J connectivity index is 2.40. The highest BCUT2D eigenvalue weighted by molar-refractivity contribution is 7.86. The van der Waals surface area contributed by atoms with Crippen molar-refractivity contribution < 1.29 is 12.6 Å². The predicted molar refractivity (Wildman–Crippen MR) is 37.2 cm³/mol. The zero-order valence-corrected chi connectivity index (χ0v) is 6.81. The first kappa shape index (κ1) is 7.97. The Morgan fingerprint density at radius 2 is 2.20 bits per heavy atom. The Labute approximate surface area is 60.7 Å². The van der Waals surface area contributed by atoms with Gasteiger partial charge in [-0.3, -0.25) is 4.18 Å². The van der Waals surface area contributed by atoms with Crippen LogP contribution in [0.5, 0.6) is 0 Å². The molecule has 1 rings (SSSR count). The summed E-state index contributed by atoms with van der Waals surface area (Å²) in [4.78, 5) is 0. The van der Waals surface area contributed by atoms with Gasteiger partial charge in [0.2, 0.25) is 0 Å². The Morgan fingerprint density at radius 1 is 1.60 bits per heavy atom. The smallest absolute Gasteiger partial charge is 0.264 e. The Bertz CT molecular complexity index is 211. The maximum absolute atomic E-state index is 10.5. The van der Waals surface area contributed by atoms with Crippen LogP contribution in [0.3, 0.4) is 0 Å². The van der Waals surface area contributed by atoms with E-state index < -0.39 is 10.1 Å². The van der Waals surface area contributed by atoms with E-state index in [0.717, 1.165) is 6.26 Å². The second kappa shape index (κ2) is 2.48. The van der Waals surface area contributed by atoms with E-state index in [9.17, 15) is 8.42 Å². The minimum absolute atomic E-state index is 0.157. The lowest BCUT2D eigenvalue weighted by atomic mass is 10.1. The predicted octanol–water partition coefficient (Wildman–Crippen LogP) is -0.677. The highest BCUT2D eigenvalue weighted by atomic mass is 32.2. The number of hydrogen-bond acceptors (Lipinski definition) is 4. The van der Waals surface area contributed by atoms with E-state index >= 15 is 0 Å². The molecular weight excluding hydrogens is 154 g/mol. The number of nitrogens with one attached hydrogen (secondary N) is 1. The van der Waals surface area contributed by atoms with Crippen LogP contribution in [0.15, 0.2) is 0 Å². The zero-order chi connectivity index (χ0) is 7.78. The standard InChI is InChI=1S/C5H11NO3S/c1-4-5(3-6-4)9-10(2,7)8/h4-6H,3H2,1-2H3/t4-,5?/m0/s1. The van der Waals surface area contributed by atoms with Crippen LogP contribution in [0.25, 0.3) is 0 Å². The molecule has 0 aliphatic carbocycles. The maximum atomic E-state index is 10.5. The molecule has 4 nitrogen and oxygen atoms in total. The van der Waals surface area contributed by atoms with Gasteiger partial charge >= 0.3 is 0 Å². The molecule has 1 saturated heterocycles. The van der Waals surface area contributed by atoms with Gasteiger partial charge in [-0.2, -0.15) is 8.42 Å². The van der Waals surface area contributed by atoms with Crippen LogP contribution >= 0.6 is 0 Å². The van der Waals surface area contributed by atoms with Gasteiger partial charge in [-0.15, -0.1) is 0 Å². The summed E-state index contributed by atoms with van der Waals surface area (Å²) in [5.41, 5.74) is 0. The minimum atomic E-state index is -3.26. The molecule has 1 aliphatic rings. The summed E-state index contributed by atoms with van der Waals surface area (Å²) in [6.45, 7) is 2.52. The van der Waals surface area contributed by atoms with E-state index in [4.69, 9.17) is 4.18 Å². The molecule has 1 aliphatic heterocycles. The van der Waals surface area contributed by atoms with Crippen molar-refractivity contribution in [2.45, 2.75) is 19.1 Å². The van der Waals surface area contributed by atoms with Crippen molar-refractivity contribution in [1.82, 2.24) is 5.32 Å². The second-order valence-corrected chi connectivity index (χ2v) is 4.14. The molecule has 0 saturated carbocycles. The van der Waals surface area contributed by atoms with Crippen molar-refractivity contribution >= 4 is 10.1 Å². The van der Waals surface area contributed by atoms with Crippen molar-refractivity contribution in [3.63, 3.8) is 0 Å². The van der Waals surface area contributed by atoms with Gasteiger partial charge < -0.3 is 5.32 Å². The third-order valence-electron chi connectivity index (χ3n) is 1.50. The van der Waals surface area contributed by atoms with Crippen LogP contribution in [0.1, 0.15) is 6.92 Å². The SMILES string of the molecule is C[C@@H]1NCC1OS(C)(=O)=O. The first-order valence-corrected chi connectivity index (χ1v) is 4.92. The molecule has 10 heavy (non-hydrogen) atoms. The van der Waals surface area contributed by atoms with Gasteiger partial charge in [0.05, 0.1) is 6.26 Å². The molecule has 1 N–H and O–H groups in total. The highest BCUT2D eigenvalue weighted by Crippen LogP contribution is 2.09. The summed E-state index contributed by atoms with van der Waals surface area (Å²) in [5.74, 6) is 0. The molecule has 0 aromatic rings. The lowest BCUT2D eigenvalue weighted by Crippen LogP contribution is -2.57. The quantitative estimate of drug-likeness (QED) is 0.551. The summed E-state index contributed by atoms with van der Waals surface area (Å²) in [6.07, 6.45) is 0.910. The molecule has 0 aromatic heterocycles. The van der Waals surface area contributed by atoms with Crippen LogP contribution < -0.4 is 5.32 Å². The summed E-state index contributed by atoms with van der Waals surface area (Å²) < 4.78 is 25.8. The van der Waals surface area contributed by atoms with Gasteiger partial charge in [0.15, 0.2) is 0 Å². The topological polar surface area (TPSA) is 55.4 Å². The van der Waals surface area contributed by atoms with E-state index in [-0.39, 0.29) is 12.1 Å². The first-order chi connectivity index (χ1) is 4.49. The van der Waals surface area contributed by atoms with Gasteiger partial charge in [0.25, 0.3) is 10.1 Å². The fourth-order valence-corrected chi connectivity index (χ4v) is 1.48. The molecule has 0 spiro atoms. The summed E-state index contributed by atoms with van der Waals surface area (Å²) >= 11 is 0. The molecule has 1 unspecified atom stereocenters. The first-order valence-electron chi connectivity index (χ1n) is 3.11. The Morgan fingerprint density at radius 3 is 2.30 bits per heavy atom. The normalized spacial score (nSPS) is 33.4. The molecular formula is C5H11NO3S. The maximum Gasteiger partial charge on any atom is 0.264 e. The molecule has 0 bridgehead atoms. The fourth-order valence-electron chi connectivity index (χ4n) is 0.792. The summed E-state index contributed by atoms with van der Waals surface area (Å²) in [5, 5.41) is 2.99. The molecule has 2 atom stereocenters. The minimum Gasteiger partial charge on any atom is -0.309 e. The molecule has 1 heterocycles. The molecule has 60 valence electrons. The van der Waals surface area contributed by atoms with Crippen LogP contribution in [-0.4, -0.2) is 33.4 Å². The van der Waals surface area contributed by atoms with Gasteiger partial charge in [0.1, 0.15) is 6.10 Å². The van der Waals surface area contributed by atoms with Crippen LogP contribution in [0.2, 0.25) is 0 Å². The van der Waals surface area contributed by atoms with Crippen molar-refractivity contribution in [3.05, 3.63) is 0 Å². The summed E-state index contributed by atoms with van der Waals surface area (Å²) in [6, 6.07) is 0.162. The lowest BCUT2D eigenvalue weighted by Gasteiger charge is -2.33. The van der Waals surface area contributed by atoms with Crippen molar-refractivity contribution in [2.24, 2.45) is 0 Å². The van der Waals surface area contributed by atoms with Crippen molar-refractivity contribution in [1.29, 1.82) is 0 Å². The van der Waals surface area contributed by atoms with E-state index in [1.54, 1.807) is 0 Å². The molecule has 0 aromatic carbocycles. The van der Waals surface area contributed by atoms with Crippen molar-refractivity contribution in [3.8, 4) is 0 Å². The Kier molecular flexibility index (Phi) is 1.98. The third-order valence-corrected chi connectivity index (χ3v) is 2.09. The average molecular weight is 165 g/mol. The second-order valence-electron chi connectivity index (χ2n) is 2.54. The molecule has 1 fully saturated rings. The van der Waals surface area contributed by atoms with Crippen LogP contribution in [0.4, 0.5) is 0 Å². The lowest BCUT2D eigenvalue weighted by molar-refractivity contribution is 0.102. The number of rotatable bonds is 2. The van der Waals surface area contributed by atoms with E-state index in [2.05, 4.69) is 5.32 Å². The third kappa shape index (κ3) is 1.93. The Hall–Kier alpha value is -0.130. The van der Waals surface area contributed by atoms with E-state index in [0.29, 0.717) is 6.54 Å². The van der Waals surface area contributed by atoms with Gasteiger partial charge in [-0.05, 0) is 6.92 Å². The highest BCUT2D eigenvalue weighted by Gasteiger charge is 2.29. The van der Waals surface area contributed by atoms with Crippen molar-refractivity contribution in [2.75, 3.05) is 12.8 Å². The van der Waals surface area contributed by atoms with E-state index in [1.807, 2.05) is 6.92 Å². The monoisotopic (exact) mass is 165 g/mol. The molecule has 5 heteroatoms. The van der Waals surface area contributed by atoms with Gasteiger partial charge in [-0.25, -0.2) is 0 Å². The van der Waals surface area contributed by atoms with Gasteiger partial charge in [-0.1, -0.05) is 0 Å². The van der Waals surface area contributed by atoms with Gasteiger partial charge in [0, 0.05) is 12.6 Å². The average Bonchev–Trinajstić information content (AvgIpc) is 1.78. The molecule has 0 amide bonds. The van der Waals surface area contributed by atoms with Crippen LogP contribution in [-0.2, 0) is 14.3 Å². The van der Waals surface area contributed by atoms with E-state index in [1.165, 1.54) is 0 Å². The number of hydrogen-bond donors (Lipinski definition) is 1. The van der Waals surface area contributed by atoms with Crippen LogP contribution in [0, 0.1) is 0 Å². The largest absolute Gasteiger partial charge is 0.309 e. The summed E-state index contributed by atoms with van der Waals surface area (Å²) in [7, 11) is -3.26.